The van der Waals surface area contributed by atoms with E-state index >= 15 is 0 Å². The molecule has 2 heterocycles. The van der Waals surface area contributed by atoms with Crippen LogP contribution in [0.2, 0.25) is 0 Å². The first-order valence-electron chi connectivity index (χ1n) is 5.74. The second-order valence-corrected chi connectivity index (χ2v) is 4.14. The highest BCUT2D eigenvalue weighted by atomic mass is 32.1. The molecule has 0 fully saturated rings. The first-order chi connectivity index (χ1) is 8.67. The fourth-order valence-corrected chi connectivity index (χ4v) is 1.77. The molecule has 2 N–H and O–H groups in total. The summed E-state index contributed by atoms with van der Waals surface area (Å²) in [6, 6.07) is 1.73. The summed E-state index contributed by atoms with van der Waals surface area (Å²) in [6.07, 6.45) is 3.07. The third kappa shape index (κ3) is 2.21. The lowest BCUT2D eigenvalue weighted by molar-refractivity contribution is 0.749. The van der Waals surface area contributed by atoms with Crippen LogP contribution < -0.4 is 5.73 Å². The molecule has 18 heavy (non-hydrogen) atoms. The summed E-state index contributed by atoms with van der Waals surface area (Å²) in [4.78, 5) is 4.70. The molecular formula is C11H14N6S. The molecule has 0 saturated heterocycles. The van der Waals surface area contributed by atoms with E-state index in [4.69, 9.17) is 18.0 Å². The molecule has 0 aliphatic heterocycles. The van der Waals surface area contributed by atoms with Crippen LogP contribution in [-0.4, -0.2) is 30.0 Å². The maximum Gasteiger partial charge on any atom is 0.187 e. The fourth-order valence-electron chi connectivity index (χ4n) is 1.61. The number of nitrogens with two attached hydrogens (primary N) is 1. The van der Waals surface area contributed by atoms with Gasteiger partial charge in [-0.25, -0.2) is 4.98 Å². The van der Waals surface area contributed by atoms with Crippen molar-refractivity contribution in [3.8, 4) is 5.82 Å². The Bertz CT molecular complexity index is 577. The lowest BCUT2D eigenvalue weighted by Crippen LogP contribution is -2.17. The van der Waals surface area contributed by atoms with Crippen molar-refractivity contribution in [2.45, 2.75) is 26.7 Å². The molecule has 94 valence electrons. The molecule has 0 atom stereocenters. The van der Waals surface area contributed by atoms with E-state index in [0.29, 0.717) is 11.4 Å². The van der Waals surface area contributed by atoms with Gasteiger partial charge in [-0.3, -0.25) is 0 Å². The largest absolute Gasteiger partial charge is 0.389 e. The Labute approximate surface area is 110 Å². The summed E-state index contributed by atoms with van der Waals surface area (Å²) in [5, 5.41) is 12.3. The van der Waals surface area contributed by atoms with Crippen molar-refractivity contribution in [1.29, 1.82) is 0 Å². The van der Waals surface area contributed by atoms with Crippen molar-refractivity contribution >= 4 is 17.2 Å². The van der Waals surface area contributed by atoms with Crippen LogP contribution in [0.5, 0.6) is 0 Å². The average Bonchev–Trinajstić information content (AvgIpc) is 2.81. The van der Waals surface area contributed by atoms with Crippen LogP contribution in [0.1, 0.15) is 31.1 Å². The molecule has 2 rings (SSSR count). The predicted octanol–water partition coefficient (Wildman–Crippen LogP) is 0.816. The Morgan fingerprint density at radius 1 is 1.39 bits per heavy atom. The fraction of sp³-hybridized carbons (Fsp3) is 0.364. The number of thiocarbonyl (C=S) groups is 1. The second kappa shape index (κ2) is 5.18. The zero-order valence-corrected chi connectivity index (χ0v) is 11.1. The lowest BCUT2D eigenvalue weighted by atomic mass is 10.3. The van der Waals surface area contributed by atoms with Gasteiger partial charge in [0.15, 0.2) is 11.6 Å². The standard InChI is InChI=1S/C11H14N6S/c1-3-8-14-9(4-2)17(16-8)11-7(10(12)18)5-6-13-15-11/h5-6H,3-4H2,1-2H3,(H2,12,18). The highest BCUT2D eigenvalue weighted by Gasteiger charge is 2.15. The zero-order valence-electron chi connectivity index (χ0n) is 10.3. The predicted molar refractivity (Wildman–Crippen MR) is 71.6 cm³/mol. The van der Waals surface area contributed by atoms with Crippen LogP contribution in [-0.2, 0) is 12.8 Å². The summed E-state index contributed by atoms with van der Waals surface area (Å²) < 4.78 is 1.67. The first kappa shape index (κ1) is 12.6. The van der Waals surface area contributed by atoms with Crippen molar-refractivity contribution in [3.63, 3.8) is 0 Å². The van der Waals surface area contributed by atoms with Crippen molar-refractivity contribution in [1.82, 2.24) is 25.0 Å². The molecular weight excluding hydrogens is 248 g/mol. The second-order valence-electron chi connectivity index (χ2n) is 3.70. The number of aromatic nitrogens is 5. The minimum Gasteiger partial charge on any atom is -0.389 e. The number of hydrogen-bond donors (Lipinski definition) is 1. The third-order valence-corrected chi connectivity index (χ3v) is 2.74. The molecule has 0 aromatic carbocycles. The van der Waals surface area contributed by atoms with Gasteiger partial charge in [0, 0.05) is 12.8 Å². The minimum atomic E-state index is 0.274. The van der Waals surface area contributed by atoms with Crippen LogP contribution in [0, 0.1) is 0 Å². The summed E-state index contributed by atoms with van der Waals surface area (Å²) in [5.74, 6) is 2.13. The van der Waals surface area contributed by atoms with Gasteiger partial charge in [-0.1, -0.05) is 26.1 Å². The molecule has 0 aliphatic rings. The van der Waals surface area contributed by atoms with E-state index in [1.165, 1.54) is 0 Å². The van der Waals surface area contributed by atoms with Gasteiger partial charge in [0.2, 0.25) is 0 Å². The quantitative estimate of drug-likeness (QED) is 0.821. The van der Waals surface area contributed by atoms with Gasteiger partial charge in [0.05, 0.1) is 11.8 Å². The van der Waals surface area contributed by atoms with Crippen LogP contribution in [0.25, 0.3) is 5.82 Å². The minimum absolute atomic E-state index is 0.274. The summed E-state index contributed by atoms with van der Waals surface area (Å²) in [5.41, 5.74) is 6.34. The Kier molecular flexibility index (Phi) is 3.61. The molecule has 0 unspecified atom stereocenters. The van der Waals surface area contributed by atoms with Crippen molar-refractivity contribution < 1.29 is 0 Å². The van der Waals surface area contributed by atoms with Gasteiger partial charge in [-0.2, -0.15) is 9.78 Å². The number of hydrogen-bond acceptors (Lipinski definition) is 5. The lowest BCUT2D eigenvalue weighted by Gasteiger charge is -2.07. The van der Waals surface area contributed by atoms with E-state index in [0.717, 1.165) is 24.5 Å². The maximum atomic E-state index is 5.68. The number of rotatable bonds is 4. The molecule has 0 bridgehead atoms. The Morgan fingerprint density at radius 2 is 2.17 bits per heavy atom. The molecule has 7 heteroatoms. The van der Waals surface area contributed by atoms with E-state index in [1.54, 1.807) is 16.9 Å². The van der Waals surface area contributed by atoms with Crippen molar-refractivity contribution in [3.05, 3.63) is 29.5 Å². The van der Waals surface area contributed by atoms with Crippen LogP contribution in [0.4, 0.5) is 0 Å². The molecule has 0 aliphatic carbocycles. The topological polar surface area (TPSA) is 82.5 Å². The molecule has 2 aromatic rings. The monoisotopic (exact) mass is 262 g/mol. The molecule has 0 amide bonds. The molecule has 0 saturated carbocycles. The SMILES string of the molecule is CCc1nc(CC)n(-c2nnccc2C(N)=S)n1. The molecule has 0 spiro atoms. The summed E-state index contributed by atoms with van der Waals surface area (Å²) in [7, 11) is 0. The van der Waals surface area contributed by atoms with Crippen molar-refractivity contribution in [2.75, 3.05) is 0 Å². The van der Waals surface area contributed by atoms with E-state index in [2.05, 4.69) is 20.3 Å². The van der Waals surface area contributed by atoms with Crippen LogP contribution in [0.15, 0.2) is 12.3 Å². The Morgan fingerprint density at radius 3 is 2.78 bits per heavy atom. The first-order valence-corrected chi connectivity index (χ1v) is 6.14. The molecule has 2 aromatic heterocycles. The third-order valence-electron chi connectivity index (χ3n) is 2.52. The maximum absolute atomic E-state index is 5.68. The summed E-state index contributed by atoms with van der Waals surface area (Å²) >= 11 is 5.01. The van der Waals surface area contributed by atoms with Crippen LogP contribution in [0.3, 0.4) is 0 Å². The van der Waals surface area contributed by atoms with Crippen LogP contribution >= 0.6 is 12.2 Å². The van der Waals surface area contributed by atoms with Gasteiger partial charge < -0.3 is 5.73 Å². The molecule has 0 radical (unpaired) electrons. The molecule has 6 nitrogen and oxygen atoms in total. The highest BCUT2D eigenvalue weighted by Crippen LogP contribution is 2.12. The number of aryl methyl sites for hydroxylation is 2. The van der Waals surface area contributed by atoms with Gasteiger partial charge in [0.1, 0.15) is 10.8 Å². The smallest absolute Gasteiger partial charge is 0.187 e. The average molecular weight is 262 g/mol. The number of nitrogens with zero attached hydrogens (tertiary/aromatic N) is 5. The van der Waals surface area contributed by atoms with Crippen molar-refractivity contribution in [2.24, 2.45) is 5.73 Å². The van der Waals surface area contributed by atoms with E-state index in [-0.39, 0.29) is 4.99 Å². The normalized spacial score (nSPS) is 10.6. The Balaban J connectivity index is 2.61. The summed E-state index contributed by atoms with van der Waals surface area (Å²) in [6.45, 7) is 4.01. The van der Waals surface area contributed by atoms with E-state index in [9.17, 15) is 0 Å². The van der Waals surface area contributed by atoms with Gasteiger partial charge >= 0.3 is 0 Å². The van der Waals surface area contributed by atoms with Gasteiger partial charge in [-0.15, -0.1) is 10.2 Å². The van der Waals surface area contributed by atoms with Gasteiger partial charge in [-0.05, 0) is 6.07 Å². The van der Waals surface area contributed by atoms with Gasteiger partial charge in [0.25, 0.3) is 0 Å². The Hall–Kier alpha value is -1.89. The highest BCUT2D eigenvalue weighted by molar-refractivity contribution is 7.80. The van der Waals surface area contributed by atoms with E-state index < -0.39 is 0 Å². The van der Waals surface area contributed by atoms with E-state index in [1.807, 2.05) is 13.8 Å². The zero-order chi connectivity index (χ0) is 13.1.